The van der Waals surface area contributed by atoms with Gasteiger partial charge in [0.25, 0.3) is 0 Å². The van der Waals surface area contributed by atoms with Crippen LogP contribution in [0.5, 0.6) is 0 Å². The van der Waals surface area contributed by atoms with Crippen molar-refractivity contribution >= 4 is 6.03 Å². The molecule has 1 atom stereocenters. The van der Waals surface area contributed by atoms with E-state index in [1.807, 2.05) is 30.5 Å². The van der Waals surface area contributed by atoms with Gasteiger partial charge < -0.3 is 15.1 Å². The molecule has 2 N–H and O–H groups in total. The van der Waals surface area contributed by atoms with Gasteiger partial charge in [-0.25, -0.2) is 14.5 Å². The third kappa shape index (κ3) is 3.40. The molecule has 0 fully saturated rings. The number of hydrogen-bond donors (Lipinski definition) is 2. The summed E-state index contributed by atoms with van der Waals surface area (Å²) < 4.78 is 7.15. The molecule has 3 aromatic rings. The Morgan fingerprint density at radius 2 is 2.32 bits per heavy atom. The van der Waals surface area contributed by atoms with Crippen molar-refractivity contribution in [2.45, 2.75) is 31.8 Å². The molecule has 3 aromatic heterocycles. The van der Waals surface area contributed by atoms with Gasteiger partial charge in [0, 0.05) is 37.1 Å². The molecule has 0 aliphatic heterocycles. The molecule has 0 bridgehead atoms. The van der Waals surface area contributed by atoms with Gasteiger partial charge in [-0.05, 0) is 42.7 Å². The number of fused-ring (bicyclic) bond motifs is 1. The topological polar surface area (TPSA) is 85.0 Å². The van der Waals surface area contributed by atoms with E-state index < -0.39 is 0 Å². The molecule has 25 heavy (non-hydrogen) atoms. The molecule has 128 valence electrons. The number of furan rings is 1. The lowest BCUT2D eigenvalue weighted by Crippen LogP contribution is -2.38. The number of nitrogens with zero attached hydrogens (tertiary/aromatic N) is 3. The van der Waals surface area contributed by atoms with Crippen LogP contribution in [-0.2, 0) is 13.0 Å². The van der Waals surface area contributed by atoms with Crippen LogP contribution >= 0.6 is 0 Å². The van der Waals surface area contributed by atoms with Gasteiger partial charge in [-0.3, -0.25) is 0 Å². The van der Waals surface area contributed by atoms with Gasteiger partial charge in [-0.1, -0.05) is 0 Å². The highest BCUT2D eigenvalue weighted by Gasteiger charge is 2.23. The van der Waals surface area contributed by atoms with E-state index in [4.69, 9.17) is 4.42 Å². The Morgan fingerprint density at radius 3 is 3.20 bits per heavy atom. The van der Waals surface area contributed by atoms with Crippen LogP contribution in [0.15, 0.2) is 53.5 Å². The lowest BCUT2D eigenvalue weighted by Gasteiger charge is -2.22. The second-order valence-corrected chi connectivity index (χ2v) is 6.04. The molecule has 1 aliphatic carbocycles. The largest absolute Gasteiger partial charge is 0.469 e. The molecule has 0 aromatic carbocycles. The molecule has 0 saturated heterocycles. The summed E-state index contributed by atoms with van der Waals surface area (Å²) >= 11 is 0. The molecule has 3 heterocycles. The first kappa shape index (κ1) is 15.4. The van der Waals surface area contributed by atoms with Crippen molar-refractivity contribution in [3.63, 3.8) is 0 Å². The minimum absolute atomic E-state index is 0.0135. The minimum Gasteiger partial charge on any atom is -0.469 e. The van der Waals surface area contributed by atoms with Gasteiger partial charge in [0.05, 0.1) is 12.3 Å². The maximum Gasteiger partial charge on any atom is 0.315 e. The van der Waals surface area contributed by atoms with Crippen LogP contribution in [0.1, 0.15) is 35.8 Å². The van der Waals surface area contributed by atoms with Crippen LogP contribution in [0.25, 0.3) is 5.82 Å². The monoisotopic (exact) mass is 337 g/mol. The molecule has 0 radical (unpaired) electrons. The molecule has 1 aliphatic rings. The number of aryl methyl sites for hydroxylation is 1. The third-order valence-corrected chi connectivity index (χ3v) is 4.36. The third-order valence-electron chi connectivity index (χ3n) is 4.36. The number of pyridine rings is 1. The first-order chi connectivity index (χ1) is 12.3. The van der Waals surface area contributed by atoms with Gasteiger partial charge >= 0.3 is 6.03 Å². The summed E-state index contributed by atoms with van der Waals surface area (Å²) in [6.07, 6.45) is 9.82. The lowest BCUT2D eigenvalue weighted by atomic mass is 9.93. The molecule has 4 rings (SSSR count). The maximum absolute atomic E-state index is 12.2. The van der Waals surface area contributed by atoms with Crippen LogP contribution in [0.2, 0.25) is 0 Å². The molecule has 0 spiro atoms. The summed E-state index contributed by atoms with van der Waals surface area (Å²) in [6, 6.07) is 7.40. The van der Waals surface area contributed by atoms with Gasteiger partial charge in [0.2, 0.25) is 0 Å². The molecule has 0 saturated carbocycles. The van der Waals surface area contributed by atoms with Crippen LogP contribution in [0.4, 0.5) is 4.79 Å². The van der Waals surface area contributed by atoms with Gasteiger partial charge in [-0.15, -0.1) is 0 Å². The summed E-state index contributed by atoms with van der Waals surface area (Å²) in [7, 11) is 0. The molecule has 7 nitrogen and oxygen atoms in total. The number of rotatable bonds is 4. The Balaban J connectivity index is 1.36. The van der Waals surface area contributed by atoms with Crippen molar-refractivity contribution in [2.75, 3.05) is 0 Å². The van der Waals surface area contributed by atoms with Crippen molar-refractivity contribution in [3.05, 3.63) is 66.0 Å². The van der Waals surface area contributed by atoms with Crippen LogP contribution in [0.3, 0.4) is 0 Å². The molecule has 2 amide bonds. The first-order valence-corrected chi connectivity index (χ1v) is 8.35. The van der Waals surface area contributed by atoms with Crippen LogP contribution < -0.4 is 10.6 Å². The highest BCUT2D eigenvalue weighted by molar-refractivity contribution is 5.74. The predicted molar refractivity (Wildman–Crippen MR) is 91.1 cm³/mol. The molecular weight excluding hydrogens is 318 g/mol. The average Bonchev–Trinajstić information content (AvgIpc) is 3.32. The Labute approximate surface area is 145 Å². The van der Waals surface area contributed by atoms with E-state index in [1.165, 1.54) is 0 Å². The van der Waals surface area contributed by atoms with E-state index in [-0.39, 0.29) is 12.1 Å². The number of hydrogen-bond acceptors (Lipinski definition) is 4. The molecule has 1 unspecified atom stereocenters. The summed E-state index contributed by atoms with van der Waals surface area (Å²) in [4.78, 5) is 16.5. The zero-order valence-corrected chi connectivity index (χ0v) is 13.7. The smallest absolute Gasteiger partial charge is 0.315 e. The van der Waals surface area contributed by atoms with Gasteiger partial charge in [0.1, 0.15) is 5.76 Å². The SMILES string of the molecule is O=C(NCc1ccnc(-n2cccn2)c1)NC1CCCc2occc21. The number of urea groups is 1. The molecular formula is C18H19N5O2. The van der Waals surface area contributed by atoms with Crippen LogP contribution in [-0.4, -0.2) is 20.8 Å². The maximum atomic E-state index is 12.2. The highest BCUT2D eigenvalue weighted by atomic mass is 16.3. The van der Waals surface area contributed by atoms with Crippen molar-refractivity contribution in [2.24, 2.45) is 0 Å². The zero-order chi connectivity index (χ0) is 17.1. The van der Waals surface area contributed by atoms with Crippen molar-refractivity contribution < 1.29 is 9.21 Å². The Bertz CT molecular complexity index is 856. The Hall–Kier alpha value is -3.09. The number of nitrogens with one attached hydrogen (secondary N) is 2. The van der Waals surface area contributed by atoms with E-state index in [9.17, 15) is 4.79 Å². The van der Waals surface area contributed by atoms with Crippen molar-refractivity contribution in [1.82, 2.24) is 25.4 Å². The first-order valence-electron chi connectivity index (χ1n) is 8.35. The van der Waals surface area contributed by atoms with E-state index in [0.29, 0.717) is 6.54 Å². The van der Waals surface area contributed by atoms with E-state index in [1.54, 1.807) is 23.3 Å². The quantitative estimate of drug-likeness (QED) is 0.766. The zero-order valence-electron chi connectivity index (χ0n) is 13.7. The number of aromatic nitrogens is 3. The van der Waals surface area contributed by atoms with Crippen molar-refractivity contribution in [3.8, 4) is 5.82 Å². The summed E-state index contributed by atoms with van der Waals surface area (Å²) in [5.74, 6) is 1.70. The highest BCUT2D eigenvalue weighted by Crippen LogP contribution is 2.30. The fraction of sp³-hybridized carbons (Fsp3) is 0.278. The second kappa shape index (κ2) is 6.80. The van der Waals surface area contributed by atoms with E-state index in [2.05, 4.69) is 20.7 Å². The average molecular weight is 337 g/mol. The number of amides is 2. The van der Waals surface area contributed by atoms with Crippen molar-refractivity contribution in [1.29, 1.82) is 0 Å². The fourth-order valence-electron chi connectivity index (χ4n) is 3.13. The normalized spacial score (nSPS) is 16.2. The standard InChI is InChI=1S/C18H19N5O2/c24-18(22-15-3-1-4-16-14(15)6-10-25-16)20-12-13-5-8-19-17(11-13)23-9-2-7-21-23/h2,5-11,15H,1,3-4,12H2,(H2,20,22,24). The summed E-state index contributed by atoms with van der Waals surface area (Å²) in [5.41, 5.74) is 2.05. The predicted octanol–water partition coefficient (Wildman–Crippen LogP) is 2.74. The van der Waals surface area contributed by atoms with Gasteiger partial charge in [-0.2, -0.15) is 5.10 Å². The fourth-order valence-corrected chi connectivity index (χ4v) is 3.13. The van der Waals surface area contributed by atoms with Crippen LogP contribution in [0, 0.1) is 0 Å². The molecule has 7 heteroatoms. The number of carbonyl (C=O) groups is 1. The Morgan fingerprint density at radius 1 is 1.36 bits per heavy atom. The van der Waals surface area contributed by atoms with E-state index >= 15 is 0 Å². The summed E-state index contributed by atoms with van der Waals surface area (Å²) in [5, 5.41) is 10.1. The lowest BCUT2D eigenvalue weighted by molar-refractivity contribution is 0.234. The minimum atomic E-state index is -0.184. The van der Waals surface area contributed by atoms with Gasteiger partial charge in [0.15, 0.2) is 5.82 Å². The van der Waals surface area contributed by atoms with E-state index in [0.717, 1.165) is 42.0 Å². The summed E-state index contributed by atoms with van der Waals surface area (Å²) in [6.45, 7) is 0.424. The Kier molecular flexibility index (Phi) is 4.20. The number of carbonyl (C=O) groups excluding carboxylic acids is 1. The second-order valence-electron chi connectivity index (χ2n) is 6.04.